The summed E-state index contributed by atoms with van der Waals surface area (Å²) in [5.74, 6) is 0.148. The molecule has 1 amide bonds. The summed E-state index contributed by atoms with van der Waals surface area (Å²) in [5, 5.41) is 0.674. The molecule has 2 aromatic heterocycles. The van der Waals surface area contributed by atoms with Crippen LogP contribution in [0.2, 0.25) is 0 Å². The van der Waals surface area contributed by atoms with E-state index in [9.17, 15) is 9.18 Å². The number of carbonyl (C=O) groups excluding carboxylic acids is 1. The third-order valence-corrected chi connectivity index (χ3v) is 6.83. The Balaban J connectivity index is 1.81. The number of nitrogens with zero attached hydrogens (tertiary/aromatic N) is 4. The number of imidazole rings is 1. The number of alkyl halides is 1. The molecule has 4 rings (SSSR count). The second-order valence-corrected chi connectivity index (χ2v) is 8.89. The van der Waals surface area contributed by atoms with E-state index in [0.717, 1.165) is 47.4 Å². The SMILES string of the molecule is CCC[n+]1cnc2c(nc(Sc3cc4c(cc3CC)CCC4F)n2CCC(N)=O)c1N. The molecule has 0 radical (unpaired) electrons. The summed E-state index contributed by atoms with van der Waals surface area (Å²) in [4.78, 5) is 21.8. The van der Waals surface area contributed by atoms with Crippen molar-refractivity contribution in [2.75, 3.05) is 5.73 Å². The van der Waals surface area contributed by atoms with Crippen molar-refractivity contribution in [1.29, 1.82) is 0 Å². The van der Waals surface area contributed by atoms with Crippen LogP contribution in [0.15, 0.2) is 28.5 Å². The molecule has 1 aromatic carbocycles. The average molecular weight is 444 g/mol. The van der Waals surface area contributed by atoms with Gasteiger partial charge in [0.05, 0.1) is 6.54 Å². The fourth-order valence-corrected chi connectivity index (χ4v) is 5.22. The van der Waals surface area contributed by atoms with Gasteiger partial charge >= 0.3 is 0 Å². The van der Waals surface area contributed by atoms with Crippen LogP contribution in [0.1, 0.15) is 56.0 Å². The van der Waals surface area contributed by atoms with Crippen LogP contribution in [-0.2, 0) is 30.7 Å². The molecule has 0 spiro atoms. The highest BCUT2D eigenvalue weighted by atomic mass is 32.2. The molecule has 0 bridgehead atoms. The molecular formula is C22H28FN6OS+. The van der Waals surface area contributed by atoms with Crippen molar-refractivity contribution in [3.05, 3.63) is 35.2 Å². The van der Waals surface area contributed by atoms with E-state index in [2.05, 4.69) is 24.9 Å². The van der Waals surface area contributed by atoms with Gasteiger partial charge in [-0.1, -0.05) is 36.7 Å². The van der Waals surface area contributed by atoms with Crippen molar-refractivity contribution < 1.29 is 13.8 Å². The number of hydrogen-bond donors (Lipinski definition) is 2. The molecule has 1 aliphatic carbocycles. The van der Waals surface area contributed by atoms with Crippen LogP contribution in [0, 0.1) is 0 Å². The van der Waals surface area contributed by atoms with Crippen molar-refractivity contribution in [1.82, 2.24) is 14.5 Å². The molecule has 1 atom stereocenters. The Kier molecular flexibility index (Phi) is 6.13. The molecule has 31 heavy (non-hydrogen) atoms. The Labute approximate surface area is 185 Å². The molecule has 1 unspecified atom stereocenters. The summed E-state index contributed by atoms with van der Waals surface area (Å²) in [6.07, 6.45) is 4.04. The normalized spacial score (nSPS) is 15.5. The molecule has 3 aromatic rings. The lowest BCUT2D eigenvalue weighted by Gasteiger charge is -2.12. The van der Waals surface area contributed by atoms with E-state index in [0.29, 0.717) is 35.1 Å². The number of hydrogen-bond acceptors (Lipinski definition) is 5. The highest BCUT2D eigenvalue weighted by Gasteiger charge is 2.26. The van der Waals surface area contributed by atoms with Gasteiger partial charge in [0, 0.05) is 17.9 Å². The Morgan fingerprint density at radius 1 is 1.39 bits per heavy atom. The zero-order chi connectivity index (χ0) is 22.1. The maximum Gasteiger partial charge on any atom is 0.250 e. The van der Waals surface area contributed by atoms with Gasteiger partial charge in [-0.25, -0.2) is 13.9 Å². The number of carbonyl (C=O) groups is 1. The zero-order valence-corrected chi connectivity index (χ0v) is 18.7. The number of halogens is 1. The summed E-state index contributed by atoms with van der Waals surface area (Å²) >= 11 is 1.47. The number of amides is 1. The van der Waals surface area contributed by atoms with E-state index in [1.807, 2.05) is 15.2 Å². The van der Waals surface area contributed by atoms with Gasteiger partial charge in [-0.2, -0.15) is 0 Å². The van der Waals surface area contributed by atoms with Crippen molar-refractivity contribution >= 4 is 34.7 Å². The van der Waals surface area contributed by atoms with E-state index in [-0.39, 0.29) is 6.42 Å². The lowest BCUT2D eigenvalue weighted by atomic mass is 10.0. The average Bonchev–Trinajstić information content (AvgIpc) is 3.28. The van der Waals surface area contributed by atoms with Crippen LogP contribution < -0.4 is 16.0 Å². The molecule has 1 aliphatic rings. The molecule has 0 saturated heterocycles. The predicted molar refractivity (Wildman–Crippen MR) is 118 cm³/mol. The fourth-order valence-electron chi connectivity index (χ4n) is 4.08. The molecule has 0 saturated carbocycles. The van der Waals surface area contributed by atoms with Crippen LogP contribution in [-0.4, -0.2) is 20.4 Å². The van der Waals surface area contributed by atoms with Gasteiger partial charge < -0.3 is 11.5 Å². The van der Waals surface area contributed by atoms with Crippen LogP contribution >= 0.6 is 11.8 Å². The second kappa shape index (κ2) is 8.82. The Morgan fingerprint density at radius 3 is 2.90 bits per heavy atom. The van der Waals surface area contributed by atoms with E-state index < -0.39 is 12.1 Å². The third-order valence-electron chi connectivity index (χ3n) is 5.73. The molecule has 9 heteroatoms. The maximum absolute atomic E-state index is 14.4. The lowest BCUT2D eigenvalue weighted by molar-refractivity contribution is -0.684. The molecule has 0 aliphatic heterocycles. The number of fused-ring (bicyclic) bond motifs is 2. The maximum atomic E-state index is 14.4. The Hall–Kier alpha value is -2.68. The zero-order valence-electron chi connectivity index (χ0n) is 17.9. The fraction of sp³-hybridized carbons (Fsp3) is 0.455. The van der Waals surface area contributed by atoms with Gasteiger partial charge in [0.1, 0.15) is 6.17 Å². The summed E-state index contributed by atoms with van der Waals surface area (Å²) in [6, 6.07) is 4.08. The molecule has 2 heterocycles. The topological polar surface area (TPSA) is 104 Å². The van der Waals surface area contributed by atoms with Gasteiger partial charge in [0.2, 0.25) is 17.9 Å². The van der Waals surface area contributed by atoms with Crippen LogP contribution in [0.25, 0.3) is 11.2 Å². The quantitative estimate of drug-likeness (QED) is 0.520. The molecule has 0 fully saturated rings. The minimum Gasteiger partial charge on any atom is -0.370 e. The Bertz CT molecular complexity index is 1140. The number of aromatic nitrogens is 4. The van der Waals surface area contributed by atoms with Gasteiger partial charge in [0.15, 0.2) is 10.7 Å². The number of primary amides is 1. The monoisotopic (exact) mass is 443 g/mol. The van der Waals surface area contributed by atoms with E-state index in [1.54, 1.807) is 6.33 Å². The van der Waals surface area contributed by atoms with Crippen molar-refractivity contribution in [3.8, 4) is 0 Å². The first-order valence-corrected chi connectivity index (χ1v) is 11.5. The van der Waals surface area contributed by atoms with Crippen molar-refractivity contribution in [3.63, 3.8) is 0 Å². The van der Waals surface area contributed by atoms with Crippen LogP contribution in [0.5, 0.6) is 0 Å². The number of nitrogen functional groups attached to an aromatic ring is 1. The van der Waals surface area contributed by atoms with Crippen LogP contribution in [0.4, 0.5) is 10.2 Å². The lowest BCUT2D eigenvalue weighted by Crippen LogP contribution is -2.37. The number of rotatable bonds is 8. The highest BCUT2D eigenvalue weighted by molar-refractivity contribution is 7.99. The first kappa shape index (κ1) is 21.5. The van der Waals surface area contributed by atoms with E-state index >= 15 is 0 Å². The van der Waals surface area contributed by atoms with Crippen LogP contribution in [0.3, 0.4) is 0 Å². The minimum absolute atomic E-state index is 0.168. The number of nitrogens with two attached hydrogens (primary N) is 2. The molecular weight excluding hydrogens is 415 g/mol. The number of benzene rings is 1. The van der Waals surface area contributed by atoms with Crippen molar-refractivity contribution in [2.24, 2.45) is 5.73 Å². The van der Waals surface area contributed by atoms with E-state index in [4.69, 9.17) is 16.5 Å². The predicted octanol–water partition coefficient (Wildman–Crippen LogP) is 3.26. The van der Waals surface area contributed by atoms with Gasteiger partial charge in [-0.05, 0) is 48.4 Å². The first-order chi connectivity index (χ1) is 14.9. The number of aryl methyl sites for hydroxylation is 4. The smallest absolute Gasteiger partial charge is 0.250 e. The standard InChI is InChI=1S/C22H27FN6OS/c1-3-8-28-12-26-21-19(20(28)25)27-22(29(21)9-7-18(24)30)31-17-11-15-14(5-6-16(15)23)10-13(17)4-2/h10-12,16,25H,3-9H2,1-2H3,(H2,24,30)/p+1. The Morgan fingerprint density at radius 2 is 2.19 bits per heavy atom. The molecule has 164 valence electrons. The largest absolute Gasteiger partial charge is 0.370 e. The summed E-state index contributed by atoms with van der Waals surface area (Å²) in [5.41, 5.74) is 16.0. The van der Waals surface area contributed by atoms with E-state index in [1.165, 1.54) is 11.8 Å². The third kappa shape index (κ3) is 4.11. The summed E-state index contributed by atoms with van der Waals surface area (Å²) < 4.78 is 18.1. The number of anilines is 1. The highest BCUT2D eigenvalue weighted by Crippen LogP contribution is 2.41. The van der Waals surface area contributed by atoms with Gasteiger partial charge in [0.25, 0.3) is 5.82 Å². The molecule has 7 nitrogen and oxygen atoms in total. The van der Waals surface area contributed by atoms with Crippen molar-refractivity contribution in [2.45, 2.75) is 75.3 Å². The minimum atomic E-state index is -0.917. The first-order valence-electron chi connectivity index (χ1n) is 10.7. The van der Waals surface area contributed by atoms with Gasteiger partial charge in [-0.15, -0.1) is 0 Å². The van der Waals surface area contributed by atoms with Gasteiger partial charge in [-0.3, -0.25) is 9.36 Å². The molecule has 4 N–H and O–H groups in total. The summed E-state index contributed by atoms with van der Waals surface area (Å²) in [6.45, 7) is 5.27. The summed E-state index contributed by atoms with van der Waals surface area (Å²) in [7, 11) is 0. The second-order valence-electron chi connectivity index (χ2n) is 7.88.